The van der Waals surface area contributed by atoms with E-state index in [1.165, 1.54) is 37.9 Å². The van der Waals surface area contributed by atoms with E-state index >= 15 is 0 Å². The molecule has 6 heteroatoms. The molecule has 0 bridgehead atoms. The molecule has 29 heavy (non-hydrogen) atoms. The number of ether oxygens (including phenoxy) is 2. The smallest absolute Gasteiger partial charge is 0.271 e. The van der Waals surface area contributed by atoms with E-state index in [0.717, 1.165) is 23.6 Å². The molecule has 2 aromatic carbocycles. The summed E-state index contributed by atoms with van der Waals surface area (Å²) < 4.78 is 10.7. The molecule has 1 aliphatic rings. The molecule has 1 heterocycles. The minimum atomic E-state index is -0.251. The van der Waals surface area contributed by atoms with E-state index in [1.807, 2.05) is 19.1 Å². The predicted molar refractivity (Wildman–Crippen MR) is 114 cm³/mol. The van der Waals surface area contributed by atoms with Crippen LogP contribution in [0.3, 0.4) is 0 Å². The van der Waals surface area contributed by atoms with Gasteiger partial charge in [-0.25, -0.2) is 5.43 Å². The quantitative estimate of drug-likeness (QED) is 0.558. The highest BCUT2D eigenvalue weighted by molar-refractivity contribution is 6.01. The molecule has 1 amide bonds. The van der Waals surface area contributed by atoms with Crippen molar-refractivity contribution in [3.8, 4) is 11.5 Å². The molecule has 0 spiro atoms. The van der Waals surface area contributed by atoms with Crippen molar-refractivity contribution in [2.45, 2.75) is 32.7 Å². The molecule has 0 atom stereocenters. The molecule has 1 saturated heterocycles. The number of benzene rings is 2. The molecule has 6 nitrogen and oxygen atoms in total. The average molecular weight is 397 g/mol. The zero-order valence-corrected chi connectivity index (χ0v) is 17.5. The summed E-state index contributed by atoms with van der Waals surface area (Å²) in [5.74, 6) is 1.36. The van der Waals surface area contributed by atoms with E-state index in [1.54, 1.807) is 43.4 Å². The van der Waals surface area contributed by atoms with Crippen LogP contribution in [-0.2, 0) is 6.54 Å². The Morgan fingerprint density at radius 1 is 1.00 bits per heavy atom. The number of hydrogen-bond acceptors (Lipinski definition) is 4. The number of likely N-dealkylation sites (tertiary alicyclic amines) is 1. The van der Waals surface area contributed by atoms with E-state index in [-0.39, 0.29) is 5.91 Å². The van der Waals surface area contributed by atoms with Gasteiger partial charge < -0.3 is 14.4 Å². The summed E-state index contributed by atoms with van der Waals surface area (Å²) in [5.41, 5.74) is 6.08. The summed E-state index contributed by atoms with van der Waals surface area (Å²) in [7, 11) is 3.30. The number of nitrogens with one attached hydrogen (secondary N) is 2. The van der Waals surface area contributed by atoms with Crippen molar-refractivity contribution in [3.05, 3.63) is 59.2 Å². The van der Waals surface area contributed by atoms with Crippen LogP contribution in [-0.4, -0.2) is 38.9 Å². The Morgan fingerprint density at radius 3 is 2.34 bits per heavy atom. The van der Waals surface area contributed by atoms with Crippen molar-refractivity contribution in [2.24, 2.45) is 5.10 Å². The van der Waals surface area contributed by atoms with Gasteiger partial charge in [0.2, 0.25) is 0 Å². The molecule has 154 valence electrons. The first-order valence-electron chi connectivity index (χ1n) is 10.1. The third-order valence-corrected chi connectivity index (χ3v) is 5.38. The van der Waals surface area contributed by atoms with E-state index in [4.69, 9.17) is 9.47 Å². The molecule has 0 radical (unpaired) electrons. The van der Waals surface area contributed by atoms with Gasteiger partial charge in [0.25, 0.3) is 5.91 Å². The number of quaternary nitrogens is 1. The number of amides is 1. The number of rotatable bonds is 7. The molecule has 1 fully saturated rings. The Bertz CT molecular complexity index is 856. The zero-order chi connectivity index (χ0) is 20.6. The number of carbonyl (C=O) groups excluding carboxylic acids is 1. The molecule has 0 unspecified atom stereocenters. The molecule has 2 N–H and O–H groups in total. The number of hydrazone groups is 1. The third-order valence-electron chi connectivity index (χ3n) is 5.38. The van der Waals surface area contributed by atoms with Crippen molar-refractivity contribution in [3.63, 3.8) is 0 Å². The van der Waals surface area contributed by atoms with Crippen LogP contribution in [0.15, 0.2) is 47.6 Å². The fourth-order valence-electron chi connectivity index (χ4n) is 3.65. The summed E-state index contributed by atoms with van der Waals surface area (Å²) in [6, 6.07) is 13.0. The van der Waals surface area contributed by atoms with Gasteiger partial charge in [0.15, 0.2) is 0 Å². The van der Waals surface area contributed by atoms with E-state index in [9.17, 15) is 4.79 Å². The summed E-state index contributed by atoms with van der Waals surface area (Å²) in [6.07, 6.45) is 3.91. The predicted octanol–water partition coefficient (Wildman–Crippen LogP) is 2.43. The van der Waals surface area contributed by atoms with Gasteiger partial charge in [-0.3, -0.25) is 4.79 Å². The normalized spacial score (nSPS) is 15.1. The van der Waals surface area contributed by atoms with Crippen molar-refractivity contribution < 1.29 is 19.2 Å². The van der Waals surface area contributed by atoms with Gasteiger partial charge in [-0.15, -0.1) is 0 Å². The van der Waals surface area contributed by atoms with Gasteiger partial charge in [-0.1, -0.05) is 0 Å². The molecule has 0 saturated carbocycles. The van der Waals surface area contributed by atoms with Crippen molar-refractivity contribution in [1.29, 1.82) is 0 Å². The lowest BCUT2D eigenvalue weighted by Crippen LogP contribution is -3.11. The van der Waals surface area contributed by atoms with E-state index < -0.39 is 0 Å². The second kappa shape index (κ2) is 10.1. The largest absolute Gasteiger partial charge is 0.497 e. The second-order valence-corrected chi connectivity index (χ2v) is 7.38. The van der Waals surface area contributed by atoms with E-state index in [0.29, 0.717) is 11.3 Å². The van der Waals surface area contributed by atoms with Crippen LogP contribution >= 0.6 is 0 Å². The lowest BCUT2D eigenvalue weighted by molar-refractivity contribution is -0.918. The van der Waals surface area contributed by atoms with Crippen LogP contribution in [0, 0.1) is 0 Å². The molecular weight excluding hydrogens is 366 g/mol. The molecule has 2 aromatic rings. The first-order valence-corrected chi connectivity index (χ1v) is 10.1. The fraction of sp³-hybridized carbons (Fsp3) is 0.391. The van der Waals surface area contributed by atoms with Gasteiger partial charge in [-0.05, 0) is 74.2 Å². The molecule has 0 aliphatic carbocycles. The third kappa shape index (κ3) is 5.57. The van der Waals surface area contributed by atoms with Crippen LogP contribution in [0.25, 0.3) is 0 Å². The van der Waals surface area contributed by atoms with Gasteiger partial charge in [-0.2, -0.15) is 5.10 Å². The van der Waals surface area contributed by atoms with Crippen LogP contribution < -0.4 is 19.8 Å². The van der Waals surface area contributed by atoms with Crippen LogP contribution in [0.1, 0.15) is 47.7 Å². The first-order chi connectivity index (χ1) is 14.1. The van der Waals surface area contributed by atoms with E-state index in [2.05, 4.69) is 16.6 Å². The average Bonchev–Trinajstić information content (AvgIpc) is 2.78. The first kappa shape index (κ1) is 20.9. The summed E-state index contributed by atoms with van der Waals surface area (Å²) in [6.45, 7) is 5.26. The summed E-state index contributed by atoms with van der Waals surface area (Å²) in [4.78, 5) is 13.9. The number of carbonyl (C=O) groups is 1. The molecule has 1 aliphatic heterocycles. The molecular formula is C23H30N3O3+. The lowest BCUT2D eigenvalue weighted by atomic mass is 10.0. The maximum Gasteiger partial charge on any atom is 0.271 e. The fourth-order valence-corrected chi connectivity index (χ4v) is 3.65. The second-order valence-electron chi connectivity index (χ2n) is 7.38. The van der Waals surface area contributed by atoms with Gasteiger partial charge in [0.1, 0.15) is 18.0 Å². The highest BCUT2D eigenvalue weighted by atomic mass is 16.5. The molecule has 0 aromatic heterocycles. The monoisotopic (exact) mass is 396 g/mol. The topological polar surface area (TPSA) is 64.4 Å². The van der Waals surface area contributed by atoms with Gasteiger partial charge in [0, 0.05) is 11.1 Å². The minimum Gasteiger partial charge on any atom is -0.497 e. The Kier molecular flexibility index (Phi) is 7.25. The highest BCUT2D eigenvalue weighted by Gasteiger charge is 2.17. The molecule has 3 rings (SSSR count). The Morgan fingerprint density at radius 2 is 1.69 bits per heavy atom. The number of methoxy groups -OCH3 is 2. The van der Waals surface area contributed by atoms with Crippen LogP contribution in [0.4, 0.5) is 0 Å². The highest BCUT2D eigenvalue weighted by Crippen LogP contribution is 2.20. The van der Waals surface area contributed by atoms with Crippen molar-refractivity contribution in [1.82, 2.24) is 5.43 Å². The number of nitrogens with zero attached hydrogens (tertiary/aromatic N) is 1. The Hall–Kier alpha value is -2.86. The maximum atomic E-state index is 12.3. The SMILES string of the molecule is COc1ccc(C(=O)N/N=C(/C)c2ccc(OC)c(C[NH+]3CCCCC3)c2)cc1. The lowest BCUT2D eigenvalue weighted by Gasteiger charge is -2.24. The number of hydrogen-bond donors (Lipinski definition) is 2. The van der Waals surface area contributed by atoms with Crippen molar-refractivity contribution >= 4 is 11.6 Å². The summed E-state index contributed by atoms with van der Waals surface area (Å²) in [5, 5.41) is 4.29. The standard InChI is InChI=1S/C23H29N3O3/c1-17(24-25-23(27)18-7-10-21(28-2)11-8-18)19-9-12-22(29-3)20(15-19)16-26-13-5-4-6-14-26/h7-12,15H,4-6,13-14,16H2,1-3H3,(H,25,27)/p+1/b24-17-. The van der Waals surface area contributed by atoms with Crippen LogP contribution in [0.5, 0.6) is 11.5 Å². The summed E-state index contributed by atoms with van der Waals surface area (Å²) >= 11 is 0. The zero-order valence-electron chi connectivity index (χ0n) is 17.5. The van der Waals surface area contributed by atoms with Gasteiger partial charge in [0.05, 0.1) is 33.0 Å². The number of piperidine rings is 1. The van der Waals surface area contributed by atoms with Gasteiger partial charge >= 0.3 is 0 Å². The maximum absolute atomic E-state index is 12.3. The van der Waals surface area contributed by atoms with Crippen LogP contribution in [0.2, 0.25) is 0 Å². The minimum absolute atomic E-state index is 0.251. The van der Waals surface area contributed by atoms with Crippen molar-refractivity contribution in [2.75, 3.05) is 27.3 Å². The Labute approximate surface area is 172 Å². The Balaban J connectivity index is 1.70.